The molecule has 0 fully saturated rings. The van der Waals surface area contributed by atoms with Gasteiger partial charge in [0.15, 0.2) is 0 Å². The molecule has 0 saturated carbocycles. The average Bonchev–Trinajstić information content (AvgIpc) is 1.08. The molecule has 0 spiro atoms. The summed E-state index contributed by atoms with van der Waals surface area (Å²) in [5, 5.41) is 15.2. The van der Waals surface area contributed by atoms with E-state index >= 15 is 0 Å². The van der Waals surface area contributed by atoms with E-state index in [4.69, 9.17) is 0 Å². The van der Waals surface area contributed by atoms with Crippen LogP contribution in [0.25, 0.3) is 176 Å². The Bertz CT molecular complexity index is 6230. The molecule has 17 aromatic rings. The van der Waals surface area contributed by atoms with Crippen molar-refractivity contribution in [3.8, 4) is 111 Å². The minimum atomic E-state index is -0.265. The van der Waals surface area contributed by atoms with Crippen molar-refractivity contribution < 1.29 is 0 Å². The highest BCUT2D eigenvalue weighted by molar-refractivity contribution is 6.30. The number of hydrogen-bond acceptors (Lipinski definition) is 0. The van der Waals surface area contributed by atoms with Gasteiger partial charge in [0.25, 0.3) is 0 Å². The lowest BCUT2D eigenvalue weighted by molar-refractivity contribution is 0.660. The lowest BCUT2D eigenvalue weighted by Crippen LogP contribution is -2.15. The van der Waals surface area contributed by atoms with Crippen LogP contribution in [0.3, 0.4) is 0 Å². The van der Waals surface area contributed by atoms with Crippen LogP contribution in [0.15, 0.2) is 315 Å². The predicted octanol–water partition coefficient (Wildman–Crippen LogP) is 27.2. The highest BCUT2D eigenvalue weighted by Crippen LogP contribution is 2.58. The number of rotatable bonds is 7. The molecule has 466 valence electrons. The first-order chi connectivity index (χ1) is 48.4. The van der Waals surface area contributed by atoms with Gasteiger partial charge in [-0.1, -0.05) is 327 Å². The standard InChI is InChI=1S/C99H70/c1-97(2)84-43-24-23-30-67(84)68-51-46-63(56-87(68)97)90-74-32-14-19-37-79(74)95(80-38-20-15-33-75(80)90)96-81-39-21-16-34-76(81)91(77-35-17-22-40-82(77)96)64-47-52-71-69-49-44-61(54-85(69)98(3,4)88(71)57-64)62-45-50-70-72-53-48-65(58-89(72)99(5,6)86(70)55-62)92-73-31-13-18-36-78(73)93(60-28-11-8-12-29-60)94-66(41-25-42-83(92)94)59-26-9-7-10-27-59/h7-58H,1-6H3. The molecule has 99 heavy (non-hydrogen) atoms. The predicted molar refractivity (Wildman–Crippen MR) is 422 cm³/mol. The zero-order chi connectivity index (χ0) is 66.2. The Labute approximate surface area is 578 Å². The first-order valence-corrected chi connectivity index (χ1v) is 35.2. The Balaban J connectivity index is 0.673. The van der Waals surface area contributed by atoms with E-state index in [-0.39, 0.29) is 16.2 Å². The van der Waals surface area contributed by atoms with Crippen molar-refractivity contribution in [3.05, 3.63) is 349 Å². The smallest absolute Gasteiger partial charge is 0.0159 e. The summed E-state index contributed by atoms with van der Waals surface area (Å²) >= 11 is 0. The van der Waals surface area contributed by atoms with E-state index in [0.717, 1.165) is 0 Å². The fourth-order valence-corrected chi connectivity index (χ4v) is 18.7. The third-order valence-corrected chi connectivity index (χ3v) is 23.4. The molecule has 20 rings (SSSR count). The molecule has 0 N–H and O–H groups in total. The van der Waals surface area contributed by atoms with E-state index in [9.17, 15) is 0 Å². The fraction of sp³-hybridized carbons (Fsp3) is 0.0909. The fourth-order valence-electron chi connectivity index (χ4n) is 18.7. The van der Waals surface area contributed by atoms with Crippen LogP contribution < -0.4 is 0 Å². The van der Waals surface area contributed by atoms with Crippen molar-refractivity contribution in [3.63, 3.8) is 0 Å². The van der Waals surface area contributed by atoms with Crippen LogP contribution in [0.5, 0.6) is 0 Å². The van der Waals surface area contributed by atoms with Crippen molar-refractivity contribution in [2.45, 2.75) is 57.8 Å². The van der Waals surface area contributed by atoms with Gasteiger partial charge in [0.1, 0.15) is 0 Å². The van der Waals surface area contributed by atoms with Gasteiger partial charge < -0.3 is 0 Å². The molecule has 0 heteroatoms. The second-order valence-corrected chi connectivity index (χ2v) is 29.7. The highest BCUT2D eigenvalue weighted by Gasteiger charge is 2.40. The summed E-state index contributed by atoms with van der Waals surface area (Å²) in [6.45, 7) is 14.5. The lowest BCUT2D eigenvalue weighted by atomic mass is 9.78. The van der Waals surface area contributed by atoms with Crippen LogP contribution >= 0.6 is 0 Å². The summed E-state index contributed by atoms with van der Waals surface area (Å²) < 4.78 is 0. The van der Waals surface area contributed by atoms with Crippen LogP contribution in [-0.4, -0.2) is 0 Å². The molecule has 0 aliphatic heterocycles. The van der Waals surface area contributed by atoms with E-state index in [0.29, 0.717) is 0 Å². The molecular formula is C99H70. The molecular weight excluding hydrogens is 1190 g/mol. The largest absolute Gasteiger partial charge is 0.0622 e. The highest BCUT2D eigenvalue weighted by atomic mass is 14.4. The van der Waals surface area contributed by atoms with E-state index in [1.54, 1.807) is 0 Å². The van der Waals surface area contributed by atoms with Crippen LogP contribution in [-0.2, 0) is 16.2 Å². The molecule has 0 saturated heterocycles. The summed E-state index contributed by atoms with van der Waals surface area (Å²) in [6.07, 6.45) is 0. The SMILES string of the molecule is CC1(C)c2ccccc2-c2ccc(-c3c4ccccc4c(-c4c5ccccc5c(-c5ccc6c(c5)C(C)(C)c5cc(-c7ccc8c(c7)C(C)(C)c7cc(-c9c%10ccccc%10c(-c%10ccccc%10)c%10c(-c%11ccccc%11)cccc9%10)ccc7-8)ccc5-6)c5ccccc45)c4ccccc34)cc21. The van der Waals surface area contributed by atoms with E-state index in [1.165, 1.54) is 209 Å². The molecule has 0 radical (unpaired) electrons. The zero-order valence-electron chi connectivity index (χ0n) is 56.5. The van der Waals surface area contributed by atoms with Crippen molar-refractivity contribution in [2.24, 2.45) is 0 Å². The third-order valence-electron chi connectivity index (χ3n) is 23.4. The van der Waals surface area contributed by atoms with E-state index < -0.39 is 0 Å². The molecule has 0 amide bonds. The molecule has 0 unspecified atom stereocenters. The number of hydrogen-bond donors (Lipinski definition) is 0. The van der Waals surface area contributed by atoms with Crippen LogP contribution in [0, 0.1) is 0 Å². The molecule has 0 nitrogen and oxygen atoms in total. The Morgan fingerprint density at radius 3 is 0.788 bits per heavy atom. The topological polar surface area (TPSA) is 0 Å². The van der Waals surface area contributed by atoms with Gasteiger partial charge in [-0.25, -0.2) is 0 Å². The Hall–Kier alpha value is -11.7. The minimum Gasteiger partial charge on any atom is -0.0622 e. The summed E-state index contributed by atoms with van der Waals surface area (Å²) in [6, 6.07) is 120. The van der Waals surface area contributed by atoms with Crippen molar-refractivity contribution in [1.29, 1.82) is 0 Å². The molecule has 3 aliphatic carbocycles. The first kappa shape index (κ1) is 57.5. The van der Waals surface area contributed by atoms with Crippen LogP contribution in [0.2, 0.25) is 0 Å². The average molecular weight is 1260 g/mol. The van der Waals surface area contributed by atoms with Gasteiger partial charge in [0.2, 0.25) is 0 Å². The zero-order valence-corrected chi connectivity index (χ0v) is 56.5. The Morgan fingerprint density at radius 1 is 0.152 bits per heavy atom. The first-order valence-electron chi connectivity index (χ1n) is 35.2. The monoisotopic (exact) mass is 1260 g/mol. The maximum absolute atomic E-state index is 2.54. The van der Waals surface area contributed by atoms with Gasteiger partial charge in [-0.15, -0.1) is 0 Å². The van der Waals surface area contributed by atoms with E-state index in [1.807, 2.05) is 0 Å². The van der Waals surface area contributed by atoms with Gasteiger partial charge >= 0.3 is 0 Å². The second kappa shape index (κ2) is 21.2. The second-order valence-electron chi connectivity index (χ2n) is 29.7. The van der Waals surface area contributed by atoms with Gasteiger partial charge in [0, 0.05) is 16.2 Å². The van der Waals surface area contributed by atoms with Crippen LogP contribution in [0.1, 0.15) is 74.9 Å². The molecule has 3 aliphatic rings. The third kappa shape index (κ3) is 8.21. The maximum Gasteiger partial charge on any atom is 0.0159 e. The number of benzene rings is 17. The van der Waals surface area contributed by atoms with Gasteiger partial charge in [0.05, 0.1) is 0 Å². The van der Waals surface area contributed by atoms with Gasteiger partial charge in [-0.3, -0.25) is 0 Å². The van der Waals surface area contributed by atoms with E-state index in [2.05, 4.69) is 357 Å². The quantitative estimate of drug-likeness (QED) is 0.140. The molecule has 0 heterocycles. The number of fused-ring (bicyclic) bond motifs is 15. The summed E-state index contributed by atoms with van der Waals surface area (Å²) in [5.41, 5.74) is 33.2. The molecule has 0 atom stereocenters. The molecule has 0 bridgehead atoms. The summed E-state index contributed by atoms with van der Waals surface area (Å²) in [4.78, 5) is 0. The maximum atomic E-state index is 2.54. The summed E-state index contributed by atoms with van der Waals surface area (Å²) in [5.74, 6) is 0. The Morgan fingerprint density at radius 2 is 0.404 bits per heavy atom. The Kier molecular flexibility index (Phi) is 12.3. The molecule has 0 aromatic heterocycles. The summed E-state index contributed by atoms with van der Waals surface area (Å²) in [7, 11) is 0. The van der Waals surface area contributed by atoms with Gasteiger partial charge in [-0.2, -0.15) is 0 Å². The molecule has 17 aromatic carbocycles. The minimum absolute atomic E-state index is 0.110. The van der Waals surface area contributed by atoms with Crippen molar-refractivity contribution >= 4 is 64.6 Å². The van der Waals surface area contributed by atoms with Crippen molar-refractivity contribution in [1.82, 2.24) is 0 Å². The normalized spacial score (nSPS) is 14.2. The lowest BCUT2D eigenvalue weighted by Gasteiger charge is -2.25. The van der Waals surface area contributed by atoms with Crippen molar-refractivity contribution in [2.75, 3.05) is 0 Å². The van der Waals surface area contributed by atoms with Gasteiger partial charge in [-0.05, 0) is 240 Å². The van der Waals surface area contributed by atoms with Crippen LogP contribution in [0.4, 0.5) is 0 Å².